The third-order valence-electron chi connectivity index (χ3n) is 6.38. The Morgan fingerprint density at radius 2 is 1.73 bits per heavy atom. The summed E-state index contributed by atoms with van der Waals surface area (Å²) in [4.78, 5) is 15.3. The van der Waals surface area contributed by atoms with Crippen molar-refractivity contribution in [2.75, 3.05) is 21.3 Å². The van der Waals surface area contributed by atoms with Gasteiger partial charge in [-0.3, -0.25) is 4.79 Å². The molecule has 3 aliphatic heterocycles. The topological polar surface area (TPSA) is 57.0 Å². The summed E-state index contributed by atoms with van der Waals surface area (Å²) in [5.74, 6) is 1.85. The molecule has 2 bridgehead atoms. The molecule has 26 heavy (non-hydrogen) atoms. The first kappa shape index (κ1) is 17.5. The lowest BCUT2D eigenvalue weighted by Crippen LogP contribution is -2.58. The van der Waals surface area contributed by atoms with Crippen molar-refractivity contribution in [1.29, 1.82) is 0 Å². The van der Waals surface area contributed by atoms with Gasteiger partial charge >= 0.3 is 0 Å². The summed E-state index contributed by atoms with van der Waals surface area (Å²) in [6.45, 7) is 6.43. The molecular weight excluding hydrogens is 334 g/mol. The second kappa shape index (κ2) is 5.52. The van der Waals surface area contributed by atoms with E-state index in [1.807, 2.05) is 4.90 Å². The molecule has 3 heterocycles. The number of fused-ring (bicyclic) bond motifs is 2. The molecule has 3 saturated heterocycles. The van der Waals surface area contributed by atoms with Crippen LogP contribution in [0.5, 0.6) is 17.2 Å². The highest BCUT2D eigenvalue weighted by Crippen LogP contribution is 2.60. The van der Waals surface area contributed by atoms with Gasteiger partial charge in [0.1, 0.15) is 0 Å². The van der Waals surface area contributed by atoms with Gasteiger partial charge in [0.25, 0.3) is 5.91 Å². The van der Waals surface area contributed by atoms with Crippen LogP contribution in [-0.4, -0.2) is 55.4 Å². The Balaban J connectivity index is 1.68. The maximum absolute atomic E-state index is 13.3. The fourth-order valence-electron chi connectivity index (χ4n) is 5.24. The molecule has 0 aromatic heterocycles. The largest absolute Gasteiger partial charge is 0.493 e. The second-order valence-corrected chi connectivity index (χ2v) is 8.23. The van der Waals surface area contributed by atoms with Crippen LogP contribution < -0.4 is 14.2 Å². The number of carbonyl (C=O) groups excluding carboxylic acids is 1. The minimum atomic E-state index is -0.265. The number of amides is 1. The first-order valence-electron chi connectivity index (χ1n) is 9.10. The van der Waals surface area contributed by atoms with E-state index in [-0.39, 0.29) is 29.2 Å². The van der Waals surface area contributed by atoms with Crippen LogP contribution in [0.15, 0.2) is 12.1 Å². The summed E-state index contributed by atoms with van der Waals surface area (Å²) in [6, 6.07) is 3.86. The number of hydrogen-bond acceptors (Lipinski definition) is 5. The molecule has 5 rings (SSSR count). The van der Waals surface area contributed by atoms with Crippen LogP contribution in [0.1, 0.15) is 44.0 Å². The van der Waals surface area contributed by atoms with Crippen molar-refractivity contribution >= 4 is 5.91 Å². The number of benzene rings is 1. The first-order valence-corrected chi connectivity index (χ1v) is 9.10. The first-order chi connectivity index (χ1) is 12.3. The van der Waals surface area contributed by atoms with Crippen LogP contribution in [0.25, 0.3) is 0 Å². The van der Waals surface area contributed by atoms with E-state index in [9.17, 15) is 4.79 Å². The predicted molar refractivity (Wildman–Crippen MR) is 96.1 cm³/mol. The van der Waals surface area contributed by atoms with E-state index in [1.54, 1.807) is 33.5 Å². The number of methoxy groups -OCH3 is 3. The Morgan fingerprint density at radius 3 is 2.23 bits per heavy atom. The zero-order chi connectivity index (χ0) is 18.9. The number of hydrogen-bond donors (Lipinski definition) is 0. The third kappa shape index (κ3) is 2.24. The molecule has 6 nitrogen and oxygen atoms in total. The number of ether oxygens (including phenoxy) is 4. The van der Waals surface area contributed by atoms with Gasteiger partial charge in [0.15, 0.2) is 11.5 Å². The van der Waals surface area contributed by atoms with Gasteiger partial charge in [0.2, 0.25) is 5.75 Å². The van der Waals surface area contributed by atoms with Gasteiger partial charge in [-0.05, 0) is 45.7 Å². The Labute approximate surface area is 154 Å². The van der Waals surface area contributed by atoms with Crippen LogP contribution in [-0.2, 0) is 4.74 Å². The standard InChI is InChI=1S/C20H27NO5/c1-19(2)12-7-8-20(3,26-19)17-15(12)21(17)18(22)11-9-13(23-4)16(25-6)14(10-11)24-5/h9-10,12,15,17H,7-8H2,1-6H3. The van der Waals surface area contributed by atoms with E-state index in [2.05, 4.69) is 20.8 Å². The van der Waals surface area contributed by atoms with Crippen molar-refractivity contribution in [3.63, 3.8) is 0 Å². The normalized spacial score (nSPS) is 33.5. The Bertz CT molecular complexity index is 736. The predicted octanol–water partition coefficient (Wildman–Crippen LogP) is 2.88. The molecule has 142 valence electrons. The Kier molecular flexibility index (Phi) is 3.71. The minimum Gasteiger partial charge on any atom is -0.493 e. The Hall–Kier alpha value is -1.95. The van der Waals surface area contributed by atoms with E-state index in [4.69, 9.17) is 18.9 Å². The number of nitrogens with zero attached hydrogens (tertiary/aromatic N) is 1. The molecule has 4 atom stereocenters. The molecule has 0 spiro atoms. The molecule has 1 aromatic carbocycles. The summed E-state index contributed by atoms with van der Waals surface area (Å²) < 4.78 is 22.5. The molecule has 0 radical (unpaired) electrons. The SMILES string of the molecule is COc1cc(C(=O)N2C3C4CCC(C)(OC4(C)C)C32)cc(OC)c1OC. The maximum atomic E-state index is 13.3. The van der Waals surface area contributed by atoms with Gasteiger partial charge in [0.05, 0.1) is 44.6 Å². The lowest BCUT2D eigenvalue weighted by molar-refractivity contribution is -0.214. The lowest BCUT2D eigenvalue weighted by Gasteiger charge is -2.51. The fraction of sp³-hybridized carbons (Fsp3) is 0.650. The quantitative estimate of drug-likeness (QED) is 0.772. The Morgan fingerprint density at radius 1 is 1.12 bits per heavy atom. The van der Waals surface area contributed by atoms with Crippen molar-refractivity contribution in [3.8, 4) is 17.2 Å². The van der Waals surface area contributed by atoms with E-state index in [1.165, 1.54) is 0 Å². The van der Waals surface area contributed by atoms with Crippen LogP contribution in [0.3, 0.4) is 0 Å². The van der Waals surface area contributed by atoms with Gasteiger partial charge in [-0.15, -0.1) is 0 Å². The van der Waals surface area contributed by atoms with Crippen molar-refractivity contribution in [2.24, 2.45) is 5.92 Å². The molecule has 4 unspecified atom stereocenters. The van der Waals surface area contributed by atoms with Gasteiger partial charge in [-0.2, -0.15) is 0 Å². The van der Waals surface area contributed by atoms with E-state index < -0.39 is 0 Å². The van der Waals surface area contributed by atoms with E-state index >= 15 is 0 Å². The van der Waals surface area contributed by atoms with Gasteiger partial charge < -0.3 is 23.8 Å². The zero-order valence-electron chi connectivity index (χ0n) is 16.3. The molecule has 1 amide bonds. The summed E-state index contributed by atoms with van der Waals surface area (Å²) in [7, 11) is 4.67. The maximum Gasteiger partial charge on any atom is 0.254 e. The van der Waals surface area contributed by atoms with Crippen LogP contribution in [0, 0.1) is 5.92 Å². The van der Waals surface area contributed by atoms with Crippen molar-refractivity contribution in [3.05, 3.63) is 17.7 Å². The molecule has 1 saturated carbocycles. The average Bonchev–Trinajstić information content (AvgIpc) is 3.36. The highest BCUT2D eigenvalue weighted by atomic mass is 16.5. The summed E-state index contributed by atoms with van der Waals surface area (Å²) in [5.41, 5.74) is 0.0900. The molecule has 4 aliphatic rings. The van der Waals surface area contributed by atoms with E-state index in [0.29, 0.717) is 28.7 Å². The molecule has 4 fully saturated rings. The third-order valence-corrected chi connectivity index (χ3v) is 6.38. The summed E-state index contributed by atoms with van der Waals surface area (Å²) >= 11 is 0. The van der Waals surface area contributed by atoms with Gasteiger partial charge in [-0.1, -0.05) is 0 Å². The van der Waals surface area contributed by atoms with E-state index in [0.717, 1.165) is 12.8 Å². The molecular formula is C20H27NO5. The summed E-state index contributed by atoms with van der Waals surface area (Å²) in [5, 5.41) is 0. The highest BCUT2D eigenvalue weighted by molar-refractivity contribution is 5.98. The van der Waals surface area contributed by atoms with Crippen LogP contribution in [0.2, 0.25) is 0 Å². The van der Waals surface area contributed by atoms with Crippen LogP contribution in [0.4, 0.5) is 0 Å². The number of rotatable bonds is 4. The number of carbonyl (C=O) groups is 1. The van der Waals surface area contributed by atoms with Gasteiger partial charge in [-0.25, -0.2) is 0 Å². The number of likely N-dealkylation sites (tertiary alicyclic amines) is 1. The minimum absolute atomic E-state index is 0.00122. The molecule has 6 heteroatoms. The van der Waals surface area contributed by atoms with Crippen molar-refractivity contribution in [2.45, 2.75) is 56.9 Å². The van der Waals surface area contributed by atoms with Crippen molar-refractivity contribution in [1.82, 2.24) is 4.90 Å². The molecule has 1 aliphatic carbocycles. The van der Waals surface area contributed by atoms with Gasteiger partial charge in [0, 0.05) is 11.5 Å². The molecule has 1 aromatic rings. The highest BCUT2D eigenvalue weighted by Gasteiger charge is 2.72. The zero-order valence-corrected chi connectivity index (χ0v) is 16.3. The molecule has 0 N–H and O–H groups in total. The monoisotopic (exact) mass is 361 g/mol. The average molecular weight is 361 g/mol. The van der Waals surface area contributed by atoms with Crippen molar-refractivity contribution < 1.29 is 23.7 Å². The second-order valence-electron chi connectivity index (χ2n) is 8.23. The van der Waals surface area contributed by atoms with Crippen LogP contribution >= 0.6 is 0 Å². The fourth-order valence-corrected chi connectivity index (χ4v) is 5.24. The summed E-state index contributed by atoms with van der Waals surface area (Å²) in [6.07, 6.45) is 2.10. The lowest BCUT2D eigenvalue weighted by atomic mass is 9.69. The smallest absolute Gasteiger partial charge is 0.254 e.